The van der Waals surface area contributed by atoms with E-state index in [0.717, 1.165) is 18.4 Å². The number of nitrogens with one attached hydrogen (secondary N) is 1. The number of sulfonamides is 1. The summed E-state index contributed by atoms with van der Waals surface area (Å²) in [5.41, 5.74) is 1.50. The van der Waals surface area contributed by atoms with Crippen molar-refractivity contribution in [1.82, 2.24) is 9.29 Å². The highest BCUT2D eigenvalue weighted by atomic mass is 32.2. The molecular formula is C27H34N2O6S. The fraction of sp³-hybridized carbons (Fsp3) is 0.444. The van der Waals surface area contributed by atoms with Crippen LogP contribution >= 0.6 is 0 Å². The van der Waals surface area contributed by atoms with E-state index in [4.69, 9.17) is 14.2 Å². The van der Waals surface area contributed by atoms with E-state index >= 15 is 0 Å². The van der Waals surface area contributed by atoms with Crippen LogP contribution in [0.15, 0.2) is 52.2 Å². The summed E-state index contributed by atoms with van der Waals surface area (Å²) in [4.78, 5) is 16.0. The van der Waals surface area contributed by atoms with Crippen molar-refractivity contribution in [2.45, 2.75) is 56.6 Å². The Morgan fingerprint density at radius 2 is 1.72 bits per heavy atom. The number of benzene rings is 2. The van der Waals surface area contributed by atoms with Crippen molar-refractivity contribution in [2.24, 2.45) is 0 Å². The molecule has 1 fully saturated rings. The van der Waals surface area contributed by atoms with Crippen LogP contribution in [0, 0.1) is 0 Å². The molecule has 1 N–H and O–H groups in total. The third-order valence-corrected chi connectivity index (χ3v) is 8.39. The maximum Gasteiger partial charge on any atom is 0.252 e. The Morgan fingerprint density at radius 1 is 1.06 bits per heavy atom. The van der Waals surface area contributed by atoms with Gasteiger partial charge in [-0.25, -0.2) is 8.42 Å². The molecule has 4 rings (SSSR count). The van der Waals surface area contributed by atoms with Crippen molar-refractivity contribution in [3.8, 4) is 11.5 Å². The molecule has 36 heavy (non-hydrogen) atoms. The van der Waals surface area contributed by atoms with Crippen molar-refractivity contribution in [2.75, 3.05) is 27.4 Å². The van der Waals surface area contributed by atoms with Crippen molar-refractivity contribution in [3.05, 3.63) is 63.9 Å². The lowest BCUT2D eigenvalue weighted by Crippen LogP contribution is -2.38. The number of hydrogen-bond donors (Lipinski definition) is 1. The molecule has 194 valence electrons. The molecular weight excluding hydrogens is 480 g/mol. The van der Waals surface area contributed by atoms with Gasteiger partial charge in [-0.2, -0.15) is 4.31 Å². The van der Waals surface area contributed by atoms with Gasteiger partial charge in [0.25, 0.3) is 5.56 Å². The number of hydrogen-bond acceptors (Lipinski definition) is 6. The van der Waals surface area contributed by atoms with Gasteiger partial charge in [-0.15, -0.1) is 0 Å². The van der Waals surface area contributed by atoms with Crippen LogP contribution in [0.5, 0.6) is 11.5 Å². The van der Waals surface area contributed by atoms with Gasteiger partial charge in [0, 0.05) is 36.7 Å². The van der Waals surface area contributed by atoms with E-state index in [1.807, 2.05) is 12.1 Å². The molecule has 2 aromatic carbocycles. The van der Waals surface area contributed by atoms with Gasteiger partial charge in [0.05, 0.1) is 30.7 Å². The number of H-pyrrole nitrogens is 1. The van der Waals surface area contributed by atoms with Crippen molar-refractivity contribution in [3.63, 3.8) is 0 Å². The first-order valence-corrected chi connectivity index (χ1v) is 13.5. The Hall–Kier alpha value is -2.88. The Bertz CT molecular complexity index is 1380. The average Bonchev–Trinajstić information content (AvgIpc) is 3.36. The van der Waals surface area contributed by atoms with Crippen LogP contribution in [0.25, 0.3) is 10.9 Å². The second-order valence-corrected chi connectivity index (χ2v) is 12.1. The Balaban J connectivity index is 1.73. The summed E-state index contributed by atoms with van der Waals surface area (Å²) in [5, 5.41) is 0.714. The molecule has 0 saturated carbocycles. The second kappa shape index (κ2) is 10.2. The molecule has 9 heteroatoms. The SMILES string of the molecule is COc1cc2cc(CN(C[C@H]3CCCO3)S(=O)(=O)c3ccc(C(C)(C)C)cc3)c(=O)[nH]c2cc1OC. The molecule has 1 aliphatic rings. The minimum absolute atomic E-state index is 0.0805. The molecule has 0 bridgehead atoms. The predicted octanol–water partition coefficient (Wildman–Crippen LogP) is 4.21. The monoisotopic (exact) mass is 514 g/mol. The summed E-state index contributed by atoms with van der Waals surface area (Å²) in [7, 11) is -0.822. The van der Waals surface area contributed by atoms with Crippen LogP contribution in [0.3, 0.4) is 0 Å². The zero-order valence-electron chi connectivity index (χ0n) is 21.5. The summed E-state index contributed by atoms with van der Waals surface area (Å²) in [6.45, 7) is 6.94. The van der Waals surface area contributed by atoms with E-state index in [2.05, 4.69) is 25.8 Å². The van der Waals surface area contributed by atoms with Crippen molar-refractivity contribution >= 4 is 20.9 Å². The highest BCUT2D eigenvalue weighted by Crippen LogP contribution is 2.32. The van der Waals surface area contributed by atoms with E-state index in [-0.39, 0.29) is 35.1 Å². The maximum absolute atomic E-state index is 13.8. The third-order valence-electron chi connectivity index (χ3n) is 6.56. The molecule has 0 unspecified atom stereocenters. The summed E-state index contributed by atoms with van der Waals surface area (Å²) < 4.78 is 45.4. The fourth-order valence-corrected chi connectivity index (χ4v) is 5.87. The predicted molar refractivity (Wildman–Crippen MR) is 139 cm³/mol. The number of rotatable bonds is 8. The van der Waals surface area contributed by atoms with Crippen molar-refractivity contribution < 1.29 is 22.6 Å². The van der Waals surface area contributed by atoms with Crippen LogP contribution in [-0.4, -0.2) is 51.2 Å². The molecule has 3 aromatic rings. The molecule has 0 spiro atoms. The first-order valence-electron chi connectivity index (χ1n) is 12.0. The Kier molecular flexibility index (Phi) is 7.45. The summed E-state index contributed by atoms with van der Waals surface area (Å²) >= 11 is 0. The van der Waals surface area contributed by atoms with Gasteiger partial charge in [-0.05, 0) is 48.1 Å². The smallest absolute Gasteiger partial charge is 0.252 e. The number of aromatic nitrogens is 1. The molecule has 8 nitrogen and oxygen atoms in total. The van der Waals surface area contributed by atoms with Gasteiger partial charge in [0.15, 0.2) is 11.5 Å². The largest absolute Gasteiger partial charge is 0.493 e. The number of fused-ring (bicyclic) bond motifs is 1. The molecule has 1 aromatic heterocycles. The van der Waals surface area contributed by atoms with E-state index in [9.17, 15) is 13.2 Å². The van der Waals surface area contributed by atoms with Crippen LogP contribution in [0.1, 0.15) is 44.7 Å². The van der Waals surface area contributed by atoms with Gasteiger partial charge < -0.3 is 19.2 Å². The normalized spacial score (nSPS) is 16.6. The number of methoxy groups -OCH3 is 2. The fourth-order valence-electron chi connectivity index (χ4n) is 4.42. The standard InChI is InChI=1S/C27H34N2O6S/c1-27(2,3)20-8-10-22(11-9-20)36(31,32)29(17-21-7-6-12-35-21)16-19-13-18-14-24(33-4)25(34-5)15-23(18)28-26(19)30/h8-11,13-15,21H,6-7,12,16-17H2,1-5H3,(H,28,30)/t21-/m1/s1. The Labute approximate surface area is 212 Å². The summed E-state index contributed by atoms with van der Waals surface area (Å²) in [5.74, 6) is 1.01. The topological polar surface area (TPSA) is 97.9 Å². The Morgan fingerprint density at radius 3 is 2.31 bits per heavy atom. The quantitative estimate of drug-likeness (QED) is 0.484. The van der Waals surface area contributed by atoms with Gasteiger partial charge in [-0.3, -0.25) is 4.79 Å². The number of nitrogens with zero attached hydrogens (tertiary/aromatic N) is 1. The van der Waals surface area contributed by atoms with Crippen LogP contribution in [0.2, 0.25) is 0 Å². The van der Waals surface area contributed by atoms with Gasteiger partial charge >= 0.3 is 0 Å². The first kappa shape index (κ1) is 26.2. The van der Waals surface area contributed by atoms with Gasteiger partial charge in [-0.1, -0.05) is 32.9 Å². The van der Waals surface area contributed by atoms with E-state index in [1.165, 1.54) is 18.5 Å². The summed E-state index contributed by atoms with van der Waals surface area (Å²) in [6.07, 6.45) is 1.45. The molecule has 0 aliphatic carbocycles. The molecule has 1 saturated heterocycles. The van der Waals surface area contributed by atoms with Crippen LogP contribution in [-0.2, 0) is 26.7 Å². The zero-order chi connectivity index (χ0) is 26.1. The first-order chi connectivity index (χ1) is 17.0. The number of aromatic amines is 1. The molecule has 1 aliphatic heterocycles. The average molecular weight is 515 g/mol. The van der Waals surface area contributed by atoms with Gasteiger partial charge in [0.2, 0.25) is 10.0 Å². The molecule has 2 heterocycles. The van der Waals surface area contributed by atoms with Crippen LogP contribution < -0.4 is 15.0 Å². The third kappa shape index (κ3) is 5.43. The van der Waals surface area contributed by atoms with E-state index in [0.29, 0.717) is 34.6 Å². The highest BCUT2D eigenvalue weighted by Gasteiger charge is 2.30. The number of pyridine rings is 1. The minimum atomic E-state index is -3.89. The lowest BCUT2D eigenvalue weighted by Gasteiger charge is -2.25. The maximum atomic E-state index is 13.8. The lowest BCUT2D eigenvalue weighted by molar-refractivity contribution is 0.0925. The van der Waals surface area contributed by atoms with Gasteiger partial charge in [0.1, 0.15) is 0 Å². The van der Waals surface area contributed by atoms with Crippen LogP contribution in [0.4, 0.5) is 0 Å². The zero-order valence-corrected chi connectivity index (χ0v) is 22.3. The lowest BCUT2D eigenvalue weighted by atomic mass is 9.87. The molecule has 1 atom stereocenters. The number of ether oxygens (including phenoxy) is 3. The molecule has 0 amide bonds. The van der Waals surface area contributed by atoms with Crippen molar-refractivity contribution in [1.29, 1.82) is 0 Å². The summed E-state index contributed by atoms with van der Waals surface area (Å²) in [6, 6.07) is 12.1. The highest BCUT2D eigenvalue weighted by molar-refractivity contribution is 7.89. The minimum Gasteiger partial charge on any atom is -0.493 e. The molecule has 0 radical (unpaired) electrons. The van der Waals surface area contributed by atoms with E-state index in [1.54, 1.807) is 30.3 Å². The second-order valence-electron chi connectivity index (χ2n) is 10.1. The van der Waals surface area contributed by atoms with E-state index < -0.39 is 10.0 Å².